The Morgan fingerprint density at radius 3 is 2.88 bits per heavy atom. The third kappa shape index (κ3) is 1.23. The van der Waals surface area contributed by atoms with Crippen molar-refractivity contribution in [1.82, 2.24) is 4.98 Å². The Bertz CT molecular complexity index is 700. The highest BCUT2D eigenvalue weighted by atomic mass is 79.9. The molecule has 3 rings (SSSR count). The first-order valence-corrected chi connectivity index (χ1v) is 5.83. The Labute approximate surface area is 101 Å². The minimum atomic E-state index is 1.03. The average Bonchev–Trinajstić information content (AvgIpc) is 2.62. The Morgan fingerprint density at radius 2 is 2.06 bits per heavy atom. The molecule has 16 heavy (non-hydrogen) atoms. The first-order chi connectivity index (χ1) is 7.66. The highest BCUT2D eigenvalue weighted by Gasteiger charge is 2.13. The van der Waals surface area contributed by atoms with Gasteiger partial charge in [0.2, 0.25) is 5.69 Å². The number of pyridine rings is 1. The Kier molecular flexibility index (Phi) is 1.94. The van der Waals surface area contributed by atoms with Crippen LogP contribution in [0.3, 0.4) is 0 Å². The third-order valence-corrected chi connectivity index (χ3v) is 3.44. The first kappa shape index (κ1) is 9.66. The summed E-state index contributed by atoms with van der Waals surface area (Å²) in [4.78, 5) is 3.39. The minimum absolute atomic E-state index is 1.03. The Morgan fingerprint density at radius 1 is 1.25 bits per heavy atom. The van der Waals surface area contributed by atoms with Crippen LogP contribution in [-0.4, -0.2) is 4.98 Å². The summed E-state index contributed by atoms with van der Waals surface area (Å²) in [6.07, 6.45) is 1.88. The number of nitrogens with zero attached hydrogens (tertiary/aromatic N) is 1. The number of benzene rings is 1. The molecule has 3 aromatic rings. The summed E-state index contributed by atoms with van der Waals surface area (Å²) < 4.78 is 2.72. The second-order valence-electron chi connectivity index (χ2n) is 3.91. The molecule has 0 spiro atoms. The summed E-state index contributed by atoms with van der Waals surface area (Å²) in [5.74, 6) is 5.83. The van der Waals surface area contributed by atoms with Gasteiger partial charge in [0, 0.05) is 33.8 Å². The second-order valence-corrected chi connectivity index (χ2v) is 4.83. The van der Waals surface area contributed by atoms with E-state index in [1.54, 1.807) is 4.68 Å². The molecule has 80 valence electrons. The van der Waals surface area contributed by atoms with Crippen LogP contribution in [0.1, 0.15) is 5.69 Å². The highest BCUT2D eigenvalue weighted by Crippen LogP contribution is 2.28. The number of hydrogen-bond donors (Lipinski definition) is 2. The summed E-state index contributed by atoms with van der Waals surface area (Å²) in [5.41, 5.74) is 3.26. The number of aromatic nitrogens is 2. The molecule has 4 heteroatoms. The van der Waals surface area contributed by atoms with E-state index in [4.69, 9.17) is 5.84 Å². The molecule has 1 aromatic carbocycles. The van der Waals surface area contributed by atoms with Crippen LogP contribution in [0.5, 0.6) is 0 Å². The first-order valence-electron chi connectivity index (χ1n) is 5.04. The van der Waals surface area contributed by atoms with Crippen molar-refractivity contribution in [3.63, 3.8) is 0 Å². The van der Waals surface area contributed by atoms with Crippen molar-refractivity contribution in [2.24, 2.45) is 0 Å². The van der Waals surface area contributed by atoms with Crippen molar-refractivity contribution < 1.29 is 4.68 Å². The van der Waals surface area contributed by atoms with Crippen molar-refractivity contribution in [1.29, 1.82) is 0 Å². The predicted octanol–water partition coefficient (Wildman–Crippen LogP) is 2.39. The van der Waals surface area contributed by atoms with Crippen LogP contribution in [0.2, 0.25) is 0 Å². The van der Waals surface area contributed by atoms with Crippen molar-refractivity contribution in [3.05, 3.63) is 40.6 Å². The van der Waals surface area contributed by atoms with Gasteiger partial charge in [0.05, 0.1) is 0 Å². The van der Waals surface area contributed by atoms with Crippen LogP contribution in [0.25, 0.3) is 21.8 Å². The molecule has 0 aliphatic heterocycles. The standard InChI is InChI=1S/C12H10BrN3/c1-7-12-9(4-5-16(7)14)10-6-8(13)2-3-11(10)15-12/h2-6H,14H2,1H3/p+1. The third-order valence-electron chi connectivity index (χ3n) is 2.95. The highest BCUT2D eigenvalue weighted by molar-refractivity contribution is 9.10. The van der Waals surface area contributed by atoms with Crippen LogP contribution in [-0.2, 0) is 0 Å². The van der Waals surface area contributed by atoms with Crippen LogP contribution in [0, 0.1) is 6.92 Å². The number of fused-ring (bicyclic) bond motifs is 3. The number of hydrogen-bond acceptors (Lipinski definition) is 1. The summed E-state index contributed by atoms with van der Waals surface area (Å²) in [6, 6.07) is 8.26. The van der Waals surface area contributed by atoms with E-state index in [1.165, 1.54) is 10.8 Å². The number of aromatic amines is 1. The molecule has 3 N–H and O–H groups in total. The van der Waals surface area contributed by atoms with Gasteiger partial charge < -0.3 is 4.98 Å². The second kappa shape index (κ2) is 3.22. The van der Waals surface area contributed by atoms with Gasteiger partial charge in [-0.2, -0.15) is 0 Å². The predicted molar refractivity (Wildman–Crippen MR) is 68.6 cm³/mol. The molecule has 0 saturated carbocycles. The van der Waals surface area contributed by atoms with E-state index in [-0.39, 0.29) is 0 Å². The van der Waals surface area contributed by atoms with E-state index in [1.807, 2.05) is 25.3 Å². The van der Waals surface area contributed by atoms with Gasteiger partial charge in [-0.25, -0.2) is 5.84 Å². The van der Waals surface area contributed by atoms with Gasteiger partial charge in [0.25, 0.3) is 0 Å². The molecule has 0 aliphatic carbocycles. The van der Waals surface area contributed by atoms with Gasteiger partial charge >= 0.3 is 0 Å². The van der Waals surface area contributed by atoms with E-state index < -0.39 is 0 Å². The molecule has 0 aliphatic rings. The Hall–Kier alpha value is -1.55. The SMILES string of the molecule is Cc1c2[nH]c3ccc(Br)cc3c2cc[n+]1N. The van der Waals surface area contributed by atoms with Gasteiger partial charge in [-0.05, 0) is 18.2 Å². The fourth-order valence-electron chi connectivity index (χ4n) is 2.04. The van der Waals surface area contributed by atoms with E-state index in [2.05, 4.69) is 33.0 Å². The number of nitrogens with two attached hydrogens (primary N) is 1. The molecule has 0 saturated heterocycles. The van der Waals surface area contributed by atoms with Gasteiger partial charge in [-0.3, -0.25) is 0 Å². The summed E-state index contributed by atoms with van der Waals surface area (Å²) in [7, 11) is 0. The van der Waals surface area contributed by atoms with Crippen LogP contribution in [0.4, 0.5) is 0 Å². The molecule has 2 aromatic heterocycles. The van der Waals surface area contributed by atoms with E-state index >= 15 is 0 Å². The lowest BCUT2D eigenvalue weighted by Crippen LogP contribution is -2.46. The lowest BCUT2D eigenvalue weighted by Gasteiger charge is -1.93. The maximum Gasteiger partial charge on any atom is 0.232 e. The number of H-pyrrole nitrogens is 1. The maximum absolute atomic E-state index is 5.83. The quantitative estimate of drug-likeness (QED) is 0.481. The zero-order valence-electron chi connectivity index (χ0n) is 8.79. The van der Waals surface area contributed by atoms with Crippen molar-refractivity contribution >= 4 is 37.7 Å². The number of aryl methyl sites for hydroxylation is 1. The smallest absolute Gasteiger partial charge is 0.232 e. The molecule has 0 unspecified atom stereocenters. The largest absolute Gasteiger partial charge is 0.349 e. The Balaban J connectivity index is 2.56. The topological polar surface area (TPSA) is 45.7 Å². The van der Waals surface area contributed by atoms with Gasteiger partial charge in [0.15, 0.2) is 6.20 Å². The van der Waals surface area contributed by atoms with Crippen LogP contribution < -0.4 is 10.5 Å². The van der Waals surface area contributed by atoms with Crippen molar-refractivity contribution in [2.45, 2.75) is 6.92 Å². The van der Waals surface area contributed by atoms with Crippen LogP contribution >= 0.6 is 15.9 Å². The number of halogens is 1. The lowest BCUT2D eigenvalue weighted by atomic mass is 10.2. The fraction of sp³-hybridized carbons (Fsp3) is 0.0833. The number of rotatable bonds is 0. The zero-order valence-corrected chi connectivity index (χ0v) is 10.4. The molecular weight excluding hydrogens is 266 g/mol. The maximum atomic E-state index is 5.83. The van der Waals surface area contributed by atoms with E-state index in [0.717, 1.165) is 21.2 Å². The normalized spacial score (nSPS) is 11.4. The molecule has 0 fully saturated rings. The van der Waals surface area contributed by atoms with Gasteiger partial charge in [0.1, 0.15) is 5.52 Å². The lowest BCUT2D eigenvalue weighted by molar-refractivity contribution is -0.643. The molecular formula is C12H11BrN3+. The molecule has 3 nitrogen and oxygen atoms in total. The number of nitrogen functional groups attached to an aromatic ring is 1. The number of nitrogens with one attached hydrogen (secondary N) is 1. The summed E-state index contributed by atoms with van der Waals surface area (Å²) in [5, 5.41) is 2.42. The van der Waals surface area contributed by atoms with E-state index in [9.17, 15) is 0 Å². The van der Waals surface area contributed by atoms with Crippen molar-refractivity contribution in [2.75, 3.05) is 5.84 Å². The summed E-state index contributed by atoms with van der Waals surface area (Å²) >= 11 is 3.49. The summed E-state index contributed by atoms with van der Waals surface area (Å²) in [6.45, 7) is 2.01. The minimum Gasteiger partial charge on any atom is -0.349 e. The molecule has 0 atom stereocenters. The fourth-order valence-corrected chi connectivity index (χ4v) is 2.40. The van der Waals surface area contributed by atoms with Crippen molar-refractivity contribution in [3.8, 4) is 0 Å². The van der Waals surface area contributed by atoms with E-state index in [0.29, 0.717) is 0 Å². The van der Waals surface area contributed by atoms with Gasteiger partial charge in [-0.15, -0.1) is 0 Å². The average molecular weight is 277 g/mol. The van der Waals surface area contributed by atoms with Gasteiger partial charge in [-0.1, -0.05) is 20.6 Å². The van der Waals surface area contributed by atoms with Crippen LogP contribution in [0.15, 0.2) is 34.9 Å². The zero-order chi connectivity index (χ0) is 11.3. The molecule has 0 amide bonds. The molecule has 0 bridgehead atoms. The molecule has 0 radical (unpaired) electrons. The monoisotopic (exact) mass is 276 g/mol. The molecule has 2 heterocycles.